The Labute approximate surface area is 102 Å². The molecule has 2 rings (SSSR count). The third-order valence-corrected chi connectivity index (χ3v) is 2.99. The molecule has 2 nitrogen and oxygen atoms in total. The summed E-state index contributed by atoms with van der Waals surface area (Å²) in [4.78, 5) is 0. The summed E-state index contributed by atoms with van der Waals surface area (Å²) in [6.07, 6.45) is 4.03. The van der Waals surface area contributed by atoms with Gasteiger partial charge in [0.05, 0.1) is 12.3 Å². The second kappa shape index (κ2) is 5.19. The predicted octanol–water partition coefficient (Wildman–Crippen LogP) is 3.59. The highest BCUT2D eigenvalue weighted by atomic mass is 16.3. The van der Waals surface area contributed by atoms with Gasteiger partial charge in [-0.2, -0.15) is 0 Å². The van der Waals surface area contributed by atoms with E-state index in [0.29, 0.717) is 0 Å². The Hall–Kier alpha value is -1.54. The highest BCUT2D eigenvalue weighted by Gasteiger charge is 2.10. The number of benzene rings is 1. The van der Waals surface area contributed by atoms with Gasteiger partial charge in [-0.05, 0) is 30.5 Å². The fourth-order valence-electron chi connectivity index (χ4n) is 2.00. The second-order valence-corrected chi connectivity index (χ2v) is 4.46. The molecule has 2 aromatic rings. The topological polar surface area (TPSA) is 39.2 Å². The molecule has 0 amide bonds. The van der Waals surface area contributed by atoms with Crippen LogP contribution in [0.2, 0.25) is 0 Å². The van der Waals surface area contributed by atoms with Gasteiger partial charge in [0, 0.05) is 5.56 Å². The third kappa shape index (κ3) is 2.77. The van der Waals surface area contributed by atoms with E-state index in [9.17, 15) is 0 Å². The molecule has 90 valence electrons. The van der Waals surface area contributed by atoms with Gasteiger partial charge in [0.15, 0.2) is 0 Å². The summed E-state index contributed by atoms with van der Waals surface area (Å²) in [5.41, 5.74) is 9.72. The van der Waals surface area contributed by atoms with Gasteiger partial charge >= 0.3 is 0 Å². The summed E-state index contributed by atoms with van der Waals surface area (Å²) in [7, 11) is 0. The van der Waals surface area contributed by atoms with Gasteiger partial charge in [0.2, 0.25) is 0 Å². The first kappa shape index (κ1) is 11.9. The van der Waals surface area contributed by atoms with Crippen LogP contribution in [0.15, 0.2) is 41.0 Å². The Morgan fingerprint density at radius 3 is 2.41 bits per heavy atom. The van der Waals surface area contributed by atoms with E-state index in [4.69, 9.17) is 10.2 Å². The lowest BCUT2D eigenvalue weighted by Gasteiger charge is -2.10. The summed E-state index contributed by atoms with van der Waals surface area (Å²) < 4.78 is 5.29. The number of aryl methyl sites for hydroxylation is 2. The molecule has 1 aromatic carbocycles. The molecule has 2 N–H and O–H groups in total. The van der Waals surface area contributed by atoms with Crippen molar-refractivity contribution in [1.82, 2.24) is 0 Å². The van der Waals surface area contributed by atoms with E-state index < -0.39 is 0 Å². The van der Waals surface area contributed by atoms with Crippen LogP contribution >= 0.6 is 0 Å². The minimum Gasteiger partial charge on any atom is -0.469 e. The molecular formula is C15H19NO. The van der Waals surface area contributed by atoms with E-state index >= 15 is 0 Å². The summed E-state index contributed by atoms with van der Waals surface area (Å²) >= 11 is 0. The molecule has 0 aliphatic heterocycles. The first-order valence-corrected chi connectivity index (χ1v) is 6.10. The van der Waals surface area contributed by atoms with Crippen molar-refractivity contribution in [3.8, 4) is 0 Å². The van der Waals surface area contributed by atoms with Crippen LogP contribution in [0.4, 0.5) is 0 Å². The number of hydrogen-bond donors (Lipinski definition) is 1. The molecular weight excluding hydrogens is 210 g/mol. The van der Waals surface area contributed by atoms with Crippen LogP contribution in [-0.2, 0) is 6.42 Å². The third-order valence-electron chi connectivity index (χ3n) is 2.99. The zero-order chi connectivity index (χ0) is 12.3. The maximum absolute atomic E-state index is 6.19. The highest BCUT2D eigenvalue weighted by Crippen LogP contribution is 2.22. The fourth-order valence-corrected chi connectivity index (χ4v) is 2.00. The van der Waals surface area contributed by atoms with Gasteiger partial charge in [-0.25, -0.2) is 0 Å². The van der Waals surface area contributed by atoms with Crippen molar-refractivity contribution in [3.63, 3.8) is 0 Å². The lowest BCUT2D eigenvalue weighted by Crippen LogP contribution is -2.10. The summed E-state index contributed by atoms with van der Waals surface area (Å²) in [6.45, 7) is 4.12. The van der Waals surface area contributed by atoms with Gasteiger partial charge in [-0.3, -0.25) is 0 Å². The van der Waals surface area contributed by atoms with E-state index in [1.165, 1.54) is 12.0 Å². The van der Waals surface area contributed by atoms with Crippen molar-refractivity contribution in [2.45, 2.75) is 32.7 Å². The minimum absolute atomic E-state index is 0.0943. The summed E-state index contributed by atoms with van der Waals surface area (Å²) in [5.74, 6) is 0.901. The predicted molar refractivity (Wildman–Crippen MR) is 69.9 cm³/mol. The largest absolute Gasteiger partial charge is 0.469 e. The molecule has 0 fully saturated rings. The van der Waals surface area contributed by atoms with Crippen molar-refractivity contribution in [3.05, 3.63) is 59.0 Å². The van der Waals surface area contributed by atoms with E-state index in [1.807, 2.05) is 13.0 Å². The standard InChI is InChI=1S/C15H19NO/c1-3-4-12-5-7-13(8-6-12)15(16)14-9-11(2)17-10-14/h5-10,15H,3-4,16H2,1-2H3. The average Bonchev–Trinajstić information content (AvgIpc) is 2.76. The molecule has 1 unspecified atom stereocenters. The Bertz CT molecular complexity index is 470. The van der Waals surface area contributed by atoms with E-state index in [2.05, 4.69) is 31.2 Å². The zero-order valence-electron chi connectivity index (χ0n) is 10.4. The lowest BCUT2D eigenvalue weighted by atomic mass is 9.99. The van der Waals surface area contributed by atoms with E-state index in [1.54, 1.807) is 6.26 Å². The van der Waals surface area contributed by atoms with Crippen LogP contribution < -0.4 is 5.73 Å². The van der Waals surface area contributed by atoms with Crippen molar-refractivity contribution in [2.24, 2.45) is 5.73 Å². The Morgan fingerprint density at radius 2 is 1.88 bits per heavy atom. The molecule has 0 radical (unpaired) electrons. The molecule has 1 aromatic heterocycles. The van der Waals surface area contributed by atoms with Crippen LogP contribution in [0.3, 0.4) is 0 Å². The van der Waals surface area contributed by atoms with Crippen LogP contribution in [0.1, 0.15) is 41.8 Å². The van der Waals surface area contributed by atoms with Gasteiger partial charge < -0.3 is 10.2 Å². The number of furan rings is 1. The lowest BCUT2D eigenvalue weighted by molar-refractivity contribution is 0.530. The Kier molecular flexibility index (Phi) is 3.64. The monoisotopic (exact) mass is 229 g/mol. The molecule has 2 heteroatoms. The molecule has 1 atom stereocenters. The van der Waals surface area contributed by atoms with Gasteiger partial charge in [0.1, 0.15) is 5.76 Å². The number of nitrogens with two attached hydrogens (primary N) is 1. The smallest absolute Gasteiger partial charge is 0.101 e. The van der Waals surface area contributed by atoms with Crippen LogP contribution in [-0.4, -0.2) is 0 Å². The first-order valence-electron chi connectivity index (χ1n) is 6.10. The maximum Gasteiger partial charge on any atom is 0.101 e. The van der Waals surface area contributed by atoms with Gasteiger partial charge in [0.25, 0.3) is 0 Å². The van der Waals surface area contributed by atoms with Gasteiger partial charge in [-0.15, -0.1) is 0 Å². The van der Waals surface area contributed by atoms with Gasteiger partial charge in [-0.1, -0.05) is 37.6 Å². The number of hydrogen-bond acceptors (Lipinski definition) is 2. The van der Waals surface area contributed by atoms with Crippen LogP contribution in [0.25, 0.3) is 0 Å². The summed E-state index contributed by atoms with van der Waals surface area (Å²) in [6, 6.07) is 10.4. The van der Waals surface area contributed by atoms with Crippen molar-refractivity contribution < 1.29 is 4.42 Å². The van der Waals surface area contributed by atoms with Crippen LogP contribution in [0.5, 0.6) is 0 Å². The van der Waals surface area contributed by atoms with E-state index in [0.717, 1.165) is 23.3 Å². The molecule has 0 aliphatic carbocycles. The normalized spacial score (nSPS) is 12.6. The minimum atomic E-state index is -0.0943. The highest BCUT2D eigenvalue weighted by molar-refractivity contribution is 5.32. The molecule has 1 heterocycles. The van der Waals surface area contributed by atoms with Crippen molar-refractivity contribution in [1.29, 1.82) is 0 Å². The molecule has 0 saturated carbocycles. The molecule has 0 spiro atoms. The molecule has 0 bridgehead atoms. The van der Waals surface area contributed by atoms with Crippen molar-refractivity contribution in [2.75, 3.05) is 0 Å². The molecule has 0 saturated heterocycles. The first-order chi connectivity index (χ1) is 8.20. The van der Waals surface area contributed by atoms with Crippen LogP contribution in [0, 0.1) is 6.92 Å². The quantitative estimate of drug-likeness (QED) is 0.870. The Morgan fingerprint density at radius 1 is 1.18 bits per heavy atom. The summed E-state index contributed by atoms with van der Waals surface area (Å²) in [5, 5.41) is 0. The fraction of sp³-hybridized carbons (Fsp3) is 0.333. The van der Waals surface area contributed by atoms with E-state index in [-0.39, 0.29) is 6.04 Å². The zero-order valence-corrected chi connectivity index (χ0v) is 10.4. The maximum atomic E-state index is 6.19. The molecule has 0 aliphatic rings. The average molecular weight is 229 g/mol. The molecule has 17 heavy (non-hydrogen) atoms. The number of rotatable bonds is 4. The second-order valence-electron chi connectivity index (χ2n) is 4.46. The SMILES string of the molecule is CCCc1ccc(C(N)c2coc(C)c2)cc1. The van der Waals surface area contributed by atoms with Crippen molar-refractivity contribution >= 4 is 0 Å². The Balaban J connectivity index is 2.16.